The lowest BCUT2D eigenvalue weighted by atomic mass is 10.1. The van der Waals surface area contributed by atoms with Gasteiger partial charge in [0.15, 0.2) is 0 Å². The Bertz CT molecular complexity index is 1080. The second-order valence-electron chi connectivity index (χ2n) is 8.74. The summed E-state index contributed by atoms with van der Waals surface area (Å²) in [6.07, 6.45) is 9.01. The second-order valence-corrected chi connectivity index (χ2v) is 9.72. The maximum Gasteiger partial charge on any atom is 0.255 e. The van der Waals surface area contributed by atoms with Crippen LogP contribution in [-0.4, -0.2) is 36.1 Å². The number of nitrogens with zero attached hydrogens (tertiary/aromatic N) is 1. The zero-order valence-electron chi connectivity index (χ0n) is 19.5. The van der Waals surface area contributed by atoms with Gasteiger partial charge in [-0.25, -0.2) is 0 Å². The van der Waals surface area contributed by atoms with Crippen molar-refractivity contribution >= 4 is 34.3 Å². The van der Waals surface area contributed by atoms with Crippen molar-refractivity contribution in [3.05, 3.63) is 65.4 Å². The Morgan fingerprint density at radius 1 is 1.18 bits per heavy atom. The zero-order valence-corrected chi connectivity index (χ0v) is 20.3. The highest BCUT2D eigenvalue weighted by Gasteiger charge is 2.20. The van der Waals surface area contributed by atoms with Crippen LogP contribution in [0.5, 0.6) is 5.75 Å². The average Bonchev–Trinajstić information content (AvgIpc) is 3.65. The molecule has 3 aromatic rings. The van der Waals surface area contributed by atoms with Crippen LogP contribution in [0.2, 0.25) is 0 Å². The number of pyridine rings is 1. The Morgan fingerprint density at radius 3 is 2.76 bits per heavy atom. The summed E-state index contributed by atoms with van der Waals surface area (Å²) >= 11 is 1.87. The molecule has 0 bridgehead atoms. The topological polar surface area (TPSA) is 63.2 Å². The molecule has 1 heterocycles. The number of rotatable bonds is 12. The van der Waals surface area contributed by atoms with Crippen LogP contribution in [0.25, 0.3) is 10.9 Å². The standard InChI is InChI=1S/C27H33N3O2S/c1-19-25(11-8-23-16-21(18-29-26(19)23)17-28-13-3-15-33-2)30-27(31)22-6-9-24(10-7-22)32-14-12-20-4-5-20/h6-11,16,18,20,28H,3-5,12-15,17H2,1-2H3,(H,30,31). The van der Waals surface area contributed by atoms with Crippen LogP contribution in [0.15, 0.2) is 48.7 Å². The molecule has 0 radical (unpaired) electrons. The fourth-order valence-electron chi connectivity index (χ4n) is 3.85. The first kappa shape index (κ1) is 23.6. The van der Waals surface area contributed by atoms with Gasteiger partial charge in [0.2, 0.25) is 0 Å². The molecule has 1 aromatic heterocycles. The summed E-state index contributed by atoms with van der Waals surface area (Å²) in [6.45, 7) is 4.57. The fourth-order valence-corrected chi connectivity index (χ4v) is 4.28. The monoisotopic (exact) mass is 463 g/mol. The van der Waals surface area contributed by atoms with Gasteiger partial charge in [-0.2, -0.15) is 11.8 Å². The Kier molecular flexibility index (Phi) is 8.24. The summed E-state index contributed by atoms with van der Waals surface area (Å²) in [5, 5.41) is 7.60. The van der Waals surface area contributed by atoms with E-state index in [1.807, 2.05) is 61.3 Å². The highest BCUT2D eigenvalue weighted by molar-refractivity contribution is 7.98. The van der Waals surface area contributed by atoms with Gasteiger partial charge >= 0.3 is 0 Å². The van der Waals surface area contributed by atoms with Crippen molar-refractivity contribution in [3.63, 3.8) is 0 Å². The largest absolute Gasteiger partial charge is 0.494 e. The number of hydrogen-bond donors (Lipinski definition) is 2. The minimum atomic E-state index is -0.131. The number of anilines is 1. The van der Waals surface area contributed by atoms with Crippen LogP contribution >= 0.6 is 11.8 Å². The number of amides is 1. The maximum atomic E-state index is 12.8. The number of thioether (sulfide) groups is 1. The maximum absolute atomic E-state index is 12.8. The van der Waals surface area contributed by atoms with E-state index in [4.69, 9.17) is 4.74 Å². The van der Waals surface area contributed by atoms with Crippen LogP contribution in [0.1, 0.15) is 47.2 Å². The smallest absolute Gasteiger partial charge is 0.255 e. The number of ether oxygens (including phenoxy) is 1. The summed E-state index contributed by atoms with van der Waals surface area (Å²) in [5.74, 6) is 2.71. The predicted molar refractivity (Wildman–Crippen MR) is 138 cm³/mol. The molecular formula is C27H33N3O2S. The predicted octanol–water partition coefficient (Wildman–Crippen LogP) is 5.82. The quantitative estimate of drug-likeness (QED) is 0.332. The molecule has 0 atom stereocenters. The minimum Gasteiger partial charge on any atom is -0.494 e. The SMILES string of the molecule is CSCCCNCc1cnc2c(C)c(NC(=O)c3ccc(OCCC4CC4)cc3)ccc2c1. The van der Waals surface area contributed by atoms with E-state index in [1.54, 1.807) is 0 Å². The first-order valence-electron chi connectivity index (χ1n) is 11.8. The lowest BCUT2D eigenvalue weighted by Crippen LogP contribution is -2.15. The molecule has 0 unspecified atom stereocenters. The molecule has 174 valence electrons. The number of fused-ring (bicyclic) bond motifs is 1. The summed E-state index contributed by atoms with van der Waals surface area (Å²) < 4.78 is 5.78. The number of carbonyl (C=O) groups excluding carboxylic acids is 1. The molecule has 0 spiro atoms. The molecule has 1 aliphatic rings. The van der Waals surface area contributed by atoms with E-state index in [-0.39, 0.29) is 5.91 Å². The number of nitrogens with one attached hydrogen (secondary N) is 2. The van der Waals surface area contributed by atoms with Gasteiger partial charge in [0.05, 0.1) is 12.1 Å². The fraction of sp³-hybridized carbons (Fsp3) is 0.407. The summed E-state index contributed by atoms with van der Waals surface area (Å²) in [5.41, 5.74) is 4.45. The van der Waals surface area contributed by atoms with E-state index < -0.39 is 0 Å². The Labute approximate surface area is 200 Å². The van der Waals surface area contributed by atoms with Crippen molar-refractivity contribution < 1.29 is 9.53 Å². The number of aromatic nitrogens is 1. The number of hydrogen-bond acceptors (Lipinski definition) is 5. The first-order valence-corrected chi connectivity index (χ1v) is 13.2. The van der Waals surface area contributed by atoms with Gasteiger partial charge in [-0.15, -0.1) is 0 Å². The van der Waals surface area contributed by atoms with Crippen molar-refractivity contribution in [3.8, 4) is 5.75 Å². The molecule has 33 heavy (non-hydrogen) atoms. The molecule has 1 saturated carbocycles. The number of benzene rings is 2. The van der Waals surface area contributed by atoms with E-state index in [2.05, 4.69) is 27.9 Å². The molecule has 4 rings (SSSR count). The zero-order chi connectivity index (χ0) is 23.0. The van der Waals surface area contributed by atoms with Crippen molar-refractivity contribution in [1.82, 2.24) is 10.3 Å². The van der Waals surface area contributed by atoms with Gasteiger partial charge in [0, 0.05) is 29.4 Å². The van der Waals surface area contributed by atoms with Crippen LogP contribution in [0, 0.1) is 12.8 Å². The Morgan fingerprint density at radius 2 is 2.00 bits per heavy atom. The van der Waals surface area contributed by atoms with E-state index in [9.17, 15) is 4.79 Å². The van der Waals surface area contributed by atoms with E-state index >= 15 is 0 Å². The molecule has 2 N–H and O–H groups in total. The molecule has 0 saturated heterocycles. The molecule has 1 aliphatic carbocycles. The van der Waals surface area contributed by atoms with Crippen molar-refractivity contribution in [2.75, 3.05) is 30.5 Å². The van der Waals surface area contributed by atoms with Crippen LogP contribution in [-0.2, 0) is 6.54 Å². The van der Waals surface area contributed by atoms with Gasteiger partial charge in [0.25, 0.3) is 5.91 Å². The van der Waals surface area contributed by atoms with Crippen LogP contribution < -0.4 is 15.4 Å². The van der Waals surface area contributed by atoms with E-state index in [0.717, 1.165) is 59.9 Å². The Balaban J connectivity index is 1.35. The lowest BCUT2D eigenvalue weighted by molar-refractivity contribution is 0.102. The van der Waals surface area contributed by atoms with Gasteiger partial charge < -0.3 is 15.4 Å². The van der Waals surface area contributed by atoms with Crippen molar-refractivity contribution in [1.29, 1.82) is 0 Å². The third-order valence-electron chi connectivity index (χ3n) is 6.05. The molecular weight excluding hydrogens is 430 g/mol. The molecule has 0 aliphatic heterocycles. The van der Waals surface area contributed by atoms with Crippen molar-refractivity contribution in [2.24, 2.45) is 5.92 Å². The van der Waals surface area contributed by atoms with Gasteiger partial charge in [0.1, 0.15) is 5.75 Å². The van der Waals surface area contributed by atoms with Gasteiger partial charge in [-0.05, 0) is 91.8 Å². The van der Waals surface area contributed by atoms with Gasteiger partial charge in [-0.3, -0.25) is 9.78 Å². The lowest BCUT2D eigenvalue weighted by Gasteiger charge is -2.12. The summed E-state index contributed by atoms with van der Waals surface area (Å²) in [7, 11) is 0. The second kappa shape index (κ2) is 11.5. The molecule has 5 nitrogen and oxygen atoms in total. The average molecular weight is 464 g/mol. The summed E-state index contributed by atoms with van der Waals surface area (Å²) in [6, 6.07) is 13.5. The third kappa shape index (κ3) is 6.71. The van der Waals surface area contributed by atoms with E-state index in [0.29, 0.717) is 5.56 Å². The molecule has 6 heteroatoms. The first-order chi connectivity index (χ1) is 16.1. The number of carbonyl (C=O) groups is 1. The van der Waals surface area contributed by atoms with Crippen molar-refractivity contribution in [2.45, 2.75) is 39.2 Å². The van der Waals surface area contributed by atoms with Crippen LogP contribution in [0.4, 0.5) is 5.69 Å². The highest BCUT2D eigenvalue weighted by Crippen LogP contribution is 2.32. The van der Waals surface area contributed by atoms with Gasteiger partial charge in [-0.1, -0.05) is 18.9 Å². The normalized spacial score (nSPS) is 13.3. The van der Waals surface area contributed by atoms with Crippen LogP contribution in [0.3, 0.4) is 0 Å². The molecule has 1 fully saturated rings. The molecule has 1 amide bonds. The van der Waals surface area contributed by atoms with E-state index in [1.165, 1.54) is 30.6 Å². The highest BCUT2D eigenvalue weighted by atomic mass is 32.2. The Hall–Kier alpha value is -2.57. The molecule has 2 aromatic carbocycles. The minimum absolute atomic E-state index is 0.131. The third-order valence-corrected chi connectivity index (χ3v) is 6.75. The summed E-state index contributed by atoms with van der Waals surface area (Å²) in [4.78, 5) is 17.5. The number of aryl methyl sites for hydroxylation is 1.